The lowest BCUT2D eigenvalue weighted by Crippen LogP contribution is -2.29. The smallest absolute Gasteiger partial charge is 0.256 e. The summed E-state index contributed by atoms with van der Waals surface area (Å²) in [5, 5.41) is 16.6. The minimum atomic E-state index is -0.262. The summed E-state index contributed by atoms with van der Waals surface area (Å²) in [7, 11) is 0. The van der Waals surface area contributed by atoms with E-state index in [2.05, 4.69) is 10.5 Å². The molecule has 1 aromatic heterocycles. The maximum atomic E-state index is 12.4. The highest BCUT2D eigenvalue weighted by Crippen LogP contribution is 2.26. The van der Waals surface area contributed by atoms with E-state index in [1.807, 2.05) is 32.9 Å². The molecule has 0 saturated carbocycles. The highest BCUT2D eigenvalue weighted by molar-refractivity contribution is 5.96. The van der Waals surface area contributed by atoms with Crippen molar-refractivity contribution in [3.05, 3.63) is 46.8 Å². The lowest BCUT2D eigenvalue weighted by molar-refractivity contribution is 0.0950. The first-order valence-corrected chi connectivity index (χ1v) is 7.32. The SMILES string of the molecule is Cc1onc(C(C)(C)C)c1C(=O)NCCc1ccccc1O. The zero-order chi connectivity index (χ0) is 16.3. The monoisotopic (exact) mass is 302 g/mol. The molecule has 2 rings (SSSR count). The van der Waals surface area contributed by atoms with Gasteiger partial charge in [0.05, 0.1) is 0 Å². The van der Waals surface area contributed by atoms with Crippen molar-refractivity contribution in [2.24, 2.45) is 0 Å². The molecular formula is C17H22N2O3. The Labute approximate surface area is 130 Å². The molecule has 0 fully saturated rings. The molecule has 0 aliphatic rings. The van der Waals surface area contributed by atoms with E-state index < -0.39 is 0 Å². The minimum absolute atomic E-state index is 0.195. The molecule has 5 heteroatoms. The molecule has 118 valence electrons. The lowest BCUT2D eigenvalue weighted by atomic mass is 9.88. The van der Waals surface area contributed by atoms with Crippen LogP contribution in [-0.2, 0) is 11.8 Å². The number of amides is 1. The van der Waals surface area contributed by atoms with Crippen LogP contribution in [0.2, 0.25) is 0 Å². The average molecular weight is 302 g/mol. The molecule has 0 radical (unpaired) electrons. The predicted molar refractivity (Wildman–Crippen MR) is 84.1 cm³/mol. The highest BCUT2D eigenvalue weighted by Gasteiger charge is 2.28. The van der Waals surface area contributed by atoms with Gasteiger partial charge in [0.15, 0.2) is 0 Å². The Morgan fingerprint density at radius 2 is 2.00 bits per heavy atom. The van der Waals surface area contributed by atoms with Gasteiger partial charge in [-0.15, -0.1) is 0 Å². The molecule has 0 aliphatic heterocycles. The number of rotatable bonds is 4. The number of nitrogens with zero attached hydrogens (tertiary/aromatic N) is 1. The fourth-order valence-electron chi connectivity index (χ4n) is 2.27. The van der Waals surface area contributed by atoms with Crippen LogP contribution in [0.5, 0.6) is 5.75 Å². The molecular weight excluding hydrogens is 280 g/mol. The van der Waals surface area contributed by atoms with Gasteiger partial charge in [0.2, 0.25) is 0 Å². The molecule has 0 atom stereocenters. The first kappa shape index (κ1) is 16.1. The molecule has 2 aromatic rings. The number of carbonyl (C=O) groups is 1. The average Bonchev–Trinajstić information content (AvgIpc) is 2.83. The first-order valence-electron chi connectivity index (χ1n) is 7.32. The van der Waals surface area contributed by atoms with Gasteiger partial charge < -0.3 is 14.9 Å². The van der Waals surface area contributed by atoms with E-state index in [9.17, 15) is 9.90 Å². The third kappa shape index (κ3) is 3.47. The van der Waals surface area contributed by atoms with E-state index >= 15 is 0 Å². The van der Waals surface area contributed by atoms with Crippen molar-refractivity contribution in [3.63, 3.8) is 0 Å². The maximum absolute atomic E-state index is 12.4. The van der Waals surface area contributed by atoms with Gasteiger partial charge in [0, 0.05) is 12.0 Å². The number of para-hydroxylation sites is 1. The molecule has 1 aromatic carbocycles. The fraction of sp³-hybridized carbons (Fsp3) is 0.412. The van der Waals surface area contributed by atoms with E-state index in [1.54, 1.807) is 19.1 Å². The van der Waals surface area contributed by atoms with E-state index in [4.69, 9.17) is 4.52 Å². The van der Waals surface area contributed by atoms with E-state index in [1.165, 1.54) is 0 Å². The number of hydrogen-bond donors (Lipinski definition) is 2. The lowest BCUT2D eigenvalue weighted by Gasteiger charge is -2.16. The molecule has 0 aliphatic carbocycles. The Morgan fingerprint density at radius 1 is 1.32 bits per heavy atom. The third-order valence-electron chi connectivity index (χ3n) is 3.47. The van der Waals surface area contributed by atoms with Crippen LogP contribution in [0.4, 0.5) is 0 Å². The molecule has 22 heavy (non-hydrogen) atoms. The number of aromatic nitrogens is 1. The Balaban J connectivity index is 2.05. The summed E-state index contributed by atoms with van der Waals surface area (Å²) in [5.74, 6) is 0.567. The second-order valence-corrected chi connectivity index (χ2v) is 6.35. The van der Waals surface area contributed by atoms with E-state index in [-0.39, 0.29) is 17.1 Å². The Morgan fingerprint density at radius 3 is 2.64 bits per heavy atom. The molecule has 0 bridgehead atoms. The number of phenolic OH excluding ortho intramolecular Hbond substituents is 1. The van der Waals surface area contributed by atoms with Gasteiger partial charge in [-0.3, -0.25) is 4.79 Å². The van der Waals surface area contributed by atoms with Crippen LogP contribution in [0.15, 0.2) is 28.8 Å². The quantitative estimate of drug-likeness (QED) is 0.910. The van der Waals surface area contributed by atoms with Gasteiger partial charge in [-0.1, -0.05) is 44.1 Å². The third-order valence-corrected chi connectivity index (χ3v) is 3.47. The van der Waals surface area contributed by atoms with Crippen LogP contribution in [0.1, 0.15) is 48.1 Å². The van der Waals surface area contributed by atoms with Crippen LogP contribution < -0.4 is 5.32 Å². The summed E-state index contributed by atoms with van der Waals surface area (Å²) in [6.45, 7) is 8.14. The molecule has 0 saturated heterocycles. The summed E-state index contributed by atoms with van der Waals surface area (Å²) < 4.78 is 5.18. The molecule has 5 nitrogen and oxygen atoms in total. The van der Waals surface area contributed by atoms with Gasteiger partial charge in [-0.2, -0.15) is 0 Å². The summed E-state index contributed by atoms with van der Waals surface area (Å²) in [6, 6.07) is 7.11. The molecule has 0 spiro atoms. The number of nitrogens with one attached hydrogen (secondary N) is 1. The zero-order valence-corrected chi connectivity index (χ0v) is 13.4. The van der Waals surface area contributed by atoms with Crippen molar-refractivity contribution < 1.29 is 14.4 Å². The van der Waals surface area contributed by atoms with Crippen LogP contribution in [0, 0.1) is 6.92 Å². The summed E-state index contributed by atoms with van der Waals surface area (Å²) in [5.41, 5.74) is 1.71. The Bertz CT molecular complexity index is 669. The zero-order valence-electron chi connectivity index (χ0n) is 13.4. The molecule has 1 heterocycles. The van der Waals surface area contributed by atoms with Crippen LogP contribution >= 0.6 is 0 Å². The van der Waals surface area contributed by atoms with Gasteiger partial charge >= 0.3 is 0 Å². The van der Waals surface area contributed by atoms with Crippen molar-refractivity contribution >= 4 is 5.91 Å². The van der Waals surface area contributed by atoms with Crippen LogP contribution in [0.3, 0.4) is 0 Å². The first-order chi connectivity index (χ1) is 10.3. The van der Waals surface area contributed by atoms with Gasteiger partial charge in [0.1, 0.15) is 22.8 Å². The molecule has 0 unspecified atom stereocenters. The summed E-state index contributed by atoms with van der Waals surface area (Å²) in [4.78, 5) is 12.4. The van der Waals surface area contributed by atoms with E-state index in [0.717, 1.165) is 5.56 Å². The normalized spacial score (nSPS) is 11.5. The standard InChI is InChI=1S/C17H22N2O3/c1-11-14(15(19-22-11)17(2,3)4)16(21)18-10-9-12-7-5-6-8-13(12)20/h5-8,20H,9-10H2,1-4H3,(H,18,21). The van der Waals surface area contributed by atoms with Gasteiger partial charge in [-0.05, 0) is 25.0 Å². The number of aryl methyl sites for hydroxylation is 1. The van der Waals surface area contributed by atoms with Crippen LogP contribution in [-0.4, -0.2) is 22.7 Å². The number of phenols is 1. The predicted octanol–water partition coefficient (Wildman–Crippen LogP) is 2.96. The Hall–Kier alpha value is -2.30. The second kappa shape index (κ2) is 6.22. The molecule has 1 amide bonds. The second-order valence-electron chi connectivity index (χ2n) is 6.35. The summed E-state index contributed by atoms with van der Waals surface area (Å²) >= 11 is 0. The van der Waals surface area contributed by atoms with Gasteiger partial charge in [-0.25, -0.2) is 0 Å². The number of aromatic hydroxyl groups is 1. The van der Waals surface area contributed by atoms with Crippen molar-refractivity contribution in [2.75, 3.05) is 6.54 Å². The van der Waals surface area contributed by atoms with Crippen molar-refractivity contribution in [3.8, 4) is 5.75 Å². The van der Waals surface area contributed by atoms with Crippen molar-refractivity contribution in [1.82, 2.24) is 10.5 Å². The number of carbonyl (C=O) groups excluding carboxylic acids is 1. The van der Waals surface area contributed by atoms with Gasteiger partial charge in [0.25, 0.3) is 5.91 Å². The van der Waals surface area contributed by atoms with Crippen molar-refractivity contribution in [1.29, 1.82) is 0 Å². The number of benzene rings is 1. The maximum Gasteiger partial charge on any atom is 0.256 e. The minimum Gasteiger partial charge on any atom is -0.508 e. The van der Waals surface area contributed by atoms with E-state index in [0.29, 0.717) is 30.0 Å². The Kier molecular flexibility index (Phi) is 4.54. The summed E-state index contributed by atoms with van der Waals surface area (Å²) in [6.07, 6.45) is 0.563. The van der Waals surface area contributed by atoms with Crippen LogP contribution in [0.25, 0.3) is 0 Å². The largest absolute Gasteiger partial charge is 0.508 e. The topological polar surface area (TPSA) is 75.4 Å². The molecule has 2 N–H and O–H groups in total. The number of hydrogen-bond acceptors (Lipinski definition) is 4. The van der Waals surface area contributed by atoms with Crippen molar-refractivity contribution in [2.45, 2.75) is 39.5 Å². The highest BCUT2D eigenvalue weighted by atomic mass is 16.5. The fourth-order valence-corrected chi connectivity index (χ4v) is 2.27.